The van der Waals surface area contributed by atoms with Gasteiger partial charge in [-0.25, -0.2) is 4.79 Å². The van der Waals surface area contributed by atoms with Gasteiger partial charge in [0.2, 0.25) is 0 Å². The number of rotatable bonds is 8. The van der Waals surface area contributed by atoms with Crippen molar-refractivity contribution in [2.75, 3.05) is 48.1 Å². The zero-order valence-corrected chi connectivity index (χ0v) is 25.5. The van der Waals surface area contributed by atoms with E-state index < -0.39 is 82.4 Å². The van der Waals surface area contributed by atoms with E-state index in [1.807, 2.05) is 0 Å². The van der Waals surface area contributed by atoms with Crippen molar-refractivity contribution in [3.05, 3.63) is 35.9 Å². The smallest absolute Gasteiger partial charge is 0.338 e. The van der Waals surface area contributed by atoms with Gasteiger partial charge < -0.3 is 44.1 Å². The monoisotopic (exact) mass is 603 g/mol. The lowest BCUT2D eigenvalue weighted by Gasteiger charge is -2.70. The van der Waals surface area contributed by atoms with E-state index in [2.05, 4.69) is 11.8 Å². The van der Waals surface area contributed by atoms with Gasteiger partial charge in [0.1, 0.15) is 29.5 Å². The number of likely N-dealkylation sites (tertiary alicyclic amines) is 1. The number of piperidine rings is 1. The van der Waals surface area contributed by atoms with Crippen LogP contribution in [0.2, 0.25) is 0 Å². The number of carbonyl (C=O) groups excluding carboxylic acids is 1. The number of hydrogen-bond donors (Lipinski definition) is 4. The molecule has 1 aromatic rings. The Bertz CT molecular complexity index is 1250. The molecule has 0 aromatic heterocycles. The van der Waals surface area contributed by atoms with Crippen LogP contribution < -0.4 is 0 Å². The topological polar surface area (TPSA) is 147 Å². The van der Waals surface area contributed by atoms with Crippen molar-refractivity contribution in [2.24, 2.45) is 34.5 Å². The molecule has 1 aliphatic heterocycles. The van der Waals surface area contributed by atoms with Crippen LogP contribution in [0.25, 0.3) is 0 Å². The molecule has 43 heavy (non-hydrogen) atoms. The molecule has 1 spiro atoms. The number of nitrogens with zero attached hydrogens (tertiary/aromatic N) is 1. The standard InChI is InChI=1S/C32H45NO10/c1-6-33-14-29(15-39-2)18(34)12-19(40-3)31-17-13-30(37)26(43-28(36)16-10-8-7-9-11-16)20(17)32(38,25(35)27(30)42-5)21(24(31)33)22(41-4)23(29)31/h7-11,17-27,34-35,37-38H,6,12-15H2,1-5H3/t17-,18+,19-,20+,21-,22-,23-,24+,25-,26-,27+,29-,30+,31-,32+/m0/s1. The zero-order valence-electron chi connectivity index (χ0n) is 25.5. The maximum absolute atomic E-state index is 13.6. The number of aliphatic hydroxyl groups is 4. The van der Waals surface area contributed by atoms with E-state index in [4.69, 9.17) is 23.7 Å². The van der Waals surface area contributed by atoms with Crippen molar-refractivity contribution >= 4 is 5.97 Å². The second-order valence-electron chi connectivity index (χ2n) is 13.9. The molecule has 1 saturated heterocycles. The molecule has 4 N–H and O–H groups in total. The van der Waals surface area contributed by atoms with Gasteiger partial charge >= 0.3 is 5.97 Å². The largest absolute Gasteiger partial charge is 0.455 e. The van der Waals surface area contributed by atoms with Crippen LogP contribution in [0.5, 0.6) is 0 Å². The van der Waals surface area contributed by atoms with E-state index in [9.17, 15) is 25.2 Å². The number of fused-ring (bicyclic) bond motifs is 2. The summed E-state index contributed by atoms with van der Waals surface area (Å²) in [5.74, 6) is -2.94. The maximum Gasteiger partial charge on any atom is 0.338 e. The average Bonchev–Trinajstić information content (AvgIpc) is 3.39. The van der Waals surface area contributed by atoms with Gasteiger partial charge in [-0.2, -0.15) is 0 Å². The molecule has 15 atom stereocenters. The minimum atomic E-state index is -1.86. The third-order valence-electron chi connectivity index (χ3n) is 12.9. The maximum atomic E-state index is 13.6. The summed E-state index contributed by atoms with van der Waals surface area (Å²) >= 11 is 0. The third-order valence-corrected chi connectivity index (χ3v) is 12.9. The highest BCUT2D eigenvalue weighted by atomic mass is 16.6. The molecule has 1 aromatic carbocycles. The molecule has 7 bridgehead atoms. The van der Waals surface area contributed by atoms with Gasteiger partial charge in [-0.15, -0.1) is 0 Å². The summed E-state index contributed by atoms with van der Waals surface area (Å²) < 4.78 is 30.5. The predicted molar refractivity (Wildman–Crippen MR) is 151 cm³/mol. The van der Waals surface area contributed by atoms with Gasteiger partial charge in [0.05, 0.1) is 30.5 Å². The first kappa shape index (κ1) is 30.0. The average molecular weight is 604 g/mol. The first-order chi connectivity index (χ1) is 20.6. The van der Waals surface area contributed by atoms with E-state index in [-0.39, 0.29) is 25.0 Å². The van der Waals surface area contributed by atoms with Crippen molar-refractivity contribution in [3.8, 4) is 0 Å². The Morgan fingerprint density at radius 1 is 1.00 bits per heavy atom. The molecule has 0 amide bonds. The molecule has 238 valence electrons. The van der Waals surface area contributed by atoms with Gasteiger partial charge in [-0.05, 0) is 31.0 Å². The quantitative estimate of drug-likeness (QED) is 0.300. The molecular formula is C32H45NO10. The minimum absolute atomic E-state index is 0.106. The molecule has 11 nitrogen and oxygen atoms in total. The van der Waals surface area contributed by atoms with Crippen LogP contribution in [0.1, 0.15) is 30.1 Å². The Hall–Kier alpha value is -1.67. The highest BCUT2D eigenvalue weighted by Crippen LogP contribution is 2.80. The first-order valence-electron chi connectivity index (χ1n) is 15.5. The lowest BCUT2D eigenvalue weighted by Crippen LogP contribution is -2.81. The molecule has 7 rings (SSSR count). The number of carbonyl (C=O) groups is 1. The summed E-state index contributed by atoms with van der Waals surface area (Å²) in [5, 5.41) is 49.7. The Morgan fingerprint density at radius 2 is 1.72 bits per heavy atom. The Labute approximate surface area is 252 Å². The number of esters is 1. The van der Waals surface area contributed by atoms with Crippen LogP contribution in [0.3, 0.4) is 0 Å². The fourth-order valence-corrected chi connectivity index (χ4v) is 11.9. The second-order valence-corrected chi connectivity index (χ2v) is 13.9. The van der Waals surface area contributed by atoms with E-state index in [0.717, 1.165) is 0 Å². The molecule has 6 fully saturated rings. The van der Waals surface area contributed by atoms with Crippen LogP contribution in [0.4, 0.5) is 0 Å². The second kappa shape index (κ2) is 9.91. The molecule has 5 aliphatic carbocycles. The summed E-state index contributed by atoms with van der Waals surface area (Å²) in [5.41, 5.74) is -4.81. The summed E-state index contributed by atoms with van der Waals surface area (Å²) in [7, 11) is 6.29. The van der Waals surface area contributed by atoms with Crippen LogP contribution in [0.15, 0.2) is 30.3 Å². The van der Waals surface area contributed by atoms with E-state index in [1.165, 1.54) is 7.11 Å². The van der Waals surface area contributed by atoms with Crippen LogP contribution >= 0.6 is 0 Å². The highest BCUT2D eigenvalue weighted by Gasteiger charge is 2.91. The molecule has 6 aliphatic rings. The van der Waals surface area contributed by atoms with E-state index >= 15 is 0 Å². The lowest BCUT2D eigenvalue weighted by atomic mass is 9.42. The summed E-state index contributed by atoms with van der Waals surface area (Å²) in [6, 6.07) is 8.25. The number of aliphatic hydroxyl groups excluding tert-OH is 2. The zero-order chi connectivity index (χ0) is 30.7. The first-order valence-corrected chi connectivity index (χ1v) is 15.5. The molecule has 5 saturated carbocycles. The fraction of sp³-hybridized carbons (Fsp3) is 0.781. The van der Waals surface area contributed by atoms with Crippen molar-refractivity contribution in [2.45, 2.75) is 73.6 Å². The minimum Gasteiger partial charge on any atom is -0.455 e. The molecule has 0 unspecified atom stereocenters. The Kier molecular flexibility index (Phi) is 6.92. The van der Waals surface area contributed by atoms with Crippen molar-refractivity contribution in [1.82, 2.24) is 4.90 Å². The summed E-state index contributed by atoms with van der Waals surface area (Å²) in [4.78, 5) is 15.8. The molecular weight excluding hydrogens is 558 g/mol. The lowest BCUT2D eigenvalue weighted by molar-refractivity contribution is -0.320. The number of hydrogen-bond acceptors (Lipinski definition) is 11. The van der Waals surface area contributed by atoms with E-state index in [0.29, 0.717) is 25.1 Å². The fourth-order valence-electron chi connectivity index (χ4n) is 11.9. The van der Waals surface area contributed by atoms with Gasteiger partial charge in [0.15, 0.2) is 0 Å². The van der Waals surface area contributed by atoms with Crippen molar-refractivity contribution in [1.29, 1.82) is 0 Å². The van der Waals surface area contributed by atoms with Gasteiger partial charge in [0, 0.05) is 76.0 Å². The van der Waals surface area contributed by atoms with E-state index in [1.54, 1.807) is 51.7 Å². The third kappa shape index (κ3) is 3.28. The van der Waals surface area contributed by atoms with Gasteiger partial charge in [-0.3, -0.25) is 4.90 Å². The van der Waals surface area contributed by atoms with Crippen LogP contribution in [-0.2, 0) is 23.7 Å². The van der Waals surface area contributed by atoms with Crippen molar-refractivity contribution < 1.29 is 48.9 Å². The molecule has 11 heteroatoms. The summed E-state index contributed by atoms with van der Waals surface area (Å²) in [6.45, 7) is 3.46. The number of ether oxygens (including phenoxy) is 5. The van der Waals surface area contributed by atoms with Gasteiger partial charge in [0.25, 0.3) is 0 Å². The van der Waals surface area contributed by atoms with Crippen LogP contribution in [-0.4, -0.2) is 133 Å². The Balaban J connectivity index is 1.48. The SMILES string of the molecule is CCN1C[C@]2(COC)[C@H](O)C[C@H](OC)[C@@]34[C@H]5C[C@]6(O)[C@H](OC)[C@H](O)[C@@](O)([C@H]5[C@@H]6OC(=O)c5ccccc5)[C@@H]([C@H](OC)[C@@H]23)[C@@H]14. The van der Waals surface area contributed by atoms with Crippen LogP contribution in [0, 0.1) is 34.5 Å². The predicted octanol–water partition coefficient (Wildman–Crippen LogP) is 0.0773. The Morgan fingerprint density at radius 3 is 2.33 bits per heavy atom. The summed E-state index contributed by atoms with van der Waals surface area (Å²) in [6.07, 6.45) is -5.27. The van der Waals surface area contributed by atoms with Gasteiger partial charge in [-0.1, -0.05) is 25.1 Å². The molecule has 1 heterocycles. The number of benzene rings is 1. The van der Waals surface area contributed by atoms with Crippen molar-refractivity contribution in [3.63, 3.8) is 0 Å². The highest BCUT2D eigenvalue weighted by molar-refractivity contribution is 5.89. The number of methoxy groups -OCH3 is 4. The normalized spacial score (nSPS) is 52.7. The molecule has 0 radical (unpaired) electrons.